The van der Waals surface area contributed by atoms with Gasteiger partial charge in [-0.2, -0.15) is 0 Å². The molecule has 0 bridgehead atoms. The second-order valence-electron chi connectivity index (χ2n) is 6.28. The summed E-state index contributed by atoms with van der Waals surface area (Å²) in [6.45, 7) is 1.95. The maximum Gasteiger partial charge on any atom is 0.227 e. The highest BCUT2D eigenvalue weighted by atomic mass is 79.9. The fourth-order valence-electron chi connectivity index (χ4n) is 2.76. The van der Waals surface area contributed by atoms with Gasteiger partial charge in [0.2, 0.25) is 5.89 Å². The predicted octanol–water partition coefficient (Wildman–Crippen LogP) is 6.49. The van der Waals surface area contributed by atoms with Gasteiger partial charge in [-0.25, -0.2) is 4.98 Å². The molecule has 0 saturated carbocycles. The summed E-state index contributed by atoms with van der Waals surface area (Å²) in [6.07, 6.45) is 1.62. The van der Waals surface area contributed by atoms with Crippen LogP contribution >= 0.6 is 31.9 Å². The molecule has 3 aromatic carbocycles. The van der Waals surface area contributed by atoms with Crippen LogP contribution in [-0.4, -0.2) is 21.4 Å². The molecule has 0 spiro atoms. The molecule has 0 radical (unpaired) electrons. The number of aromatic hydroxyl groups is 2. The quantitative estimate of drug-likeness (QED) is 0.314. The van der Waals surface area contributed by atoms with Gasteiger partial charge in [0.1, 0.15) is 17.0 Å². The molecule has 0 saturated heterocycles. The molecule has 1 aromatic heterocycles. The predicted molar refractivity (Wildman–Crippen MR) is 117 cm³/mol. The van der Waals surface area contributed by atoms with Crippen LogP contribution in [0.2, 0.25) is 0 Å². The van der Waals surface area contributed by atoms with E-state index >= 15 is 0 Å². The second kappa shape index (κ2) is 7.41. The highest BCUT2D eigenvalue weighted by Gasteiger charge is 2.11. The van der Waals surface area contributed by atoms with Gasteiger partial charge in [-0.1, -0.05) is 0 Å². The van der Waals surface area contributed by atoms with E-state index in [-0.39, 0.29) is 11.5 Å². The second-order valence-corrected chi connectivity index (χ2v) is 7.99. The van der Waals surface area contributed by atoms with Crippen LogP contribution in [0.1, 0.15) is 11.1 Å². The van der Waals surface area contributed by atoms with Crippen LogP contribution in [0.15, 0.2) is 66.9 Å². The number of oxazole rings is 1. The SMILES string of the molecule is Cc1cc(Br)c(O)c(C=Nc2ccc3oc(-c4ccc(O)c(Br)c4)nc3c2)c1. The summed E-state index contributed by atoms with van der Waals surface area (Å²) in [5.41, 5.74) is 4.39. The monoisotopic (exact) mass is 500 g/mol. The summed E-state index contributed by atoms with van der Waals surface area (Å²) in [7, 11) is 0. The van der Waals surface area contributed by atoms with E-state index in [2.05, 4.69) is 41.8 Å². The Morgan fingerprint density at radius 2 is 1.82 bits per heavy atom. The molecule has 0 aliphatic rings. The Morgan fingerprint density at radius 1 is 1.00 bits per heavy atom. The molecule has 4 rings (SSSR count). The first kappa shape index (κ1) is 18.7. The zero-order valence-corrected chi connectivity index (χ0v) is 17.8. The van der Waals surface area contributed by atoms with Crippen molar-refractivity contribution < 1.29 is 14.6 Å². The van der Waals surface area contributed by atoms with Crippen molar-refractivity contribution in [2.75, 3.05) is 0 Å². The first-order valence-corrected chi connectivity index (χ1v) is 9.92. The number of phenolic OH excluding ortho intramolecular Hbond substituents is 2. The van der Waals surface area contributed by atoms with Crippen molar-refractivity contribution in [2.24, 2.45) is 4.99 Å². The highest BCUT2D eigenvalue weighted by Crippen LogP contribution is 2.32. The van der Waals surface area contributed by atoms with Crippen molar-refractivity contribution in [3.8, 4) is 23.0 Å². The summed E-state index contributed by atoms with van der Waals surface area (Å²) in [4.78, 5) is 8.96. The number of halogens is 2. The van der Waals surface area contributed by atoms with Crippen LogP contribution in [0.3, 0.4) is 0 Å². The Morgan fingerprint density at radius 3 is 2.61 bits per heavy atom. The molecule has 1 heterocycles. The largest absolute Gasteiger partial charge is 0.507 e. The zero-order valence-electron chi connectivity index (χ0n) is 14.6. The minimum atomic E-state index is 0.150. The number of hydrogen-bond acceptors (Lipinski definition) is 5. The molecular weight excluding hydrogens is 488 g/mol. The molecule has 0 amide bonds. The Kier molecular flexibility index (Phi) is 4.95. The summed E-state index contributed by atoms with van der Waals surface area (Å²) in [5, 5.41) is 19.8. The van der Waals surface area contributed by atoms with Crippen LogP contribution in [-0.2, 0) is 0 Å². The molecule has 0 unspecified atom stereocenters. The van der Waals surface area contributed by atoms with Gasteiger partial charge in [-0.3, -0.25) is 4.99 Å². The highest BCUT2D eigenvalue weighted by molar-refractivity contribution is 9.10. The van der Waals surface area contributed by atoms with Gasteiger partial charge in [-0.05, 0) is 92.9 Å². The molecule has 7 heteroatoms. The third-order valence-electron chi connectivity index (χ3n) is 4.16. The first-order chi connectivity index (χ1) is 13.4. The lowest BCUT2D eigenvalue weighted by atomic mass is 10.1. The molecule has 4 aromatic rings. The van der Waals surface area contributed by atoms with Gasteiger partial charge < -0.3 is 14.6 Å². The summed E-state index contributed by atoms with van der Waals surface area (Å²) in [5.74, 6) is 0.761. The van der Waals surface area contributed by atoms with Crippen molar-refractivity contribution >= 4 is 54.9 Å². The molecule has 2 N–H and O–H groups in total. The number of aryl methyl sites for hydroxylation is 1. The first-order valence-electron chi connectivity index (χ1n) is 8.33. The fraction of sp³-hybridized carbons (Fsp3) is 0.0476. The smallest absolute Gasteiger partial charge is 0.227 e. The zero-order chi connectivity index (χ0) is 19.8. The van der Waals surface area contributed by atoms with E-state index in [1.54, 1.807) is 30.5 Å². The Hall–Kier alpha value is -2.64. The van der Waals surface area contributed by atoms with Crippen molar-refractivity contribution in [1.29, 1.82) is 0 Å². The maximum absolute atomic E-state index is 10.2. The standard InChI is InChI=1S/C21H14Br2N2O3/c1-11-6-13(20(27)16(23)7-11)10-24-14-3-5-19-17(9-14)25-21(28-19)12-2-4-18(26)15(22)8-12/h2-10,26-27H,1H3. The Bertz CT molecular complexity index is 1230. The number of aliphatic imine (C=N–C) groups is 1. The molecule has 0 aliphatic carbocycles. The molecule has 28 heavy (non-hydrogen) atoms. The number of hydrogen-bond donors (Lipinski definition) is 2. The Balaban J connectivity index is 1.68. The van der Waals surface area contributed by atoms with Gasteiger partial charge in [0.15, 0.2) is 5.58 Å². The van der Waals surface area contributed by atoms with Crippen LogP contribution in [0, 0.1) is 6.92 Å². The van der Waals surface area contributed by atoms with E-state index in [9.17, 15) is 10.2 Å². The topological polar surface area (TPSA) is 78.9 Å². The van der Waals surface area contributed by atoms with Crippen molar-refractivity contribution in [3.63, 3.8) is 0 Å². The molecule has 140 valence electrons. The lowest BCUT2D eigenvalue weighted by Gasteiger charge is -2.03. The number of rotatable bonds is 3. The van der Waals surface area contributed by atoms with Gasteiger partial charge in [-0.15, -0.1) is 0 Å². The summed E-state index contributed by atoms with van der Waals surface area (Å²) < 4.78 is 7.01. The van der Waals surface area contributed by atoms with Crippen LogP contribution in [0.5, 0.6) is 11.5 Å². The number of aromatic nitrogens is 1. The molecule has 0 aliphatic heterocycles. The van der Waals surface area contributed by atoms with E-state index in [0.717, 1.165) is 11.1 Å². The summed E-state index contributed by atoms with van der Waals surface area (Å²) in [6, 6.07) is 14.2. The fourth-order valence-corrected chi connectivity index (χ4v) is 3.73. The minimum Gasteiger partial charge on any atom is -0.507 e. The van der Waals surface area contributed by atoms with E-state index < -0.39 is 0 Å². The third kappa shape index (κ3) is 3.68. The molecule has 0 fully saturated rings. The minimum absolute atomic E-state index is 0.150. The lowest BCUT2D eigenvalue weighted by Crippen LogP contribution is -1.86. The van der Waals surface area contributed by atoms with E-state index in [0.29, 0.717) is 37.2 Å². The van der Waals surface area contributed by atoms with E-state index in [1.165, 1.54) is 0 Å². The average molecular weight is 502 g/mol. The van der Waals surface area contributed by atoms with Crippen molar-refractivity contribution in [2.45, 2.75) is 6.92 Å². The number of nitrogens with zero attached hydrogens (tertiary/aromatic N) is 2. The van der Waals surface area contributed by atoms with Crippen LogP contribution in [0.4, 0.5) is 5.69 Å². The number of phenols is 2. The van der Waals surface area contributed by atoms with Crippen LogP contribution in [0.25, 0.3) is 22.6 Å². The van der Waals surface area contributed by atoms with E-state index in [1.807, 2.05) is 31.2 Å². The molecule has 5 nitrogen and oxygen atoms in total. The maximum atomic E-state index is 10.2. The van der Waals surface area contributed by atoms with Gasteiger partial charge in [0.05, 0.1) is 14.6 Å². The number of benzene rings is 3. The summed E-state index contributed by atoms with van der Waals surface area (Å²) >= 11 is 6.63. The average Bonchev–Trinajstić information content (AvgIpc) is 3.09. The van der Waals surface area contributed by atoms with Gasteiger partial charge in [0.25, 0.3) is 0 Å². The van der Waals surface area contributed by atoms with Gasteiger partial charge >= 0.3 is 0 Å². The van der Waals surface area contributed by atoms with Crippen molar-refractivity contribution in [1.82, 2.24) is 4.98 Å². The molecule has 0 atom stereocenters. The lowest BCUT2D eigenvalue weighted by molar-refractivity contribution is 0.470. The third-order valence-corrected chi connectivity index (χ3v) is 5.40. The molecular formula is C21H14Br2N2O3. The normalized spacial score (nSPS) is 11.5. The van der Waals surface area contributed by atoms with Crippen molar-refractivity contribution in [3.05, 3.63) is 68.6 Å². The van der Waals surface area contributed by atoms with E-state index in [4.69, 9.17) is 4.42 Å². The van der Waals surface area contributed by atoms with Crippen LogP contribution < -0.4 is 0 Å². The number of fused-ring (bicyclic) bond motifs is 1. The van der Waals surface area contributed by atoms with Gasteiger partial charge in [0, 0.05) is 17.3 Å². The Labute approximate surface area is 177 Å².